The summed E-state index contributed by atoms with van der Waals surface area (Å²) in [7, 11) is 0. The van der Waals surface area contributed by atoms with Crippen molar-refractivity contribution in [3.63, 3.8) is 0 Å². The van der Waals surface area contributed by atoms with E-state index in [1.165, 1.54) is 104 Å². The van der Waals surface area contributed by atoms with Crippen molar-refractivity contribution in [2.75, 3.05) is 4.90 Å². The van der Waals surface area contributed by atoms with Crippen LogP contribution >= 0.6 is 0 Å². The second kappa shape index (κ2) is 18.5. The maximum atomic E-state index is 2.59. The molecule has 0 radical (unpaired) electrons. The average molecular weight is 1010 g/mol. The van der Waals surface area contributed by atoms with E-state index in [-0.39, 0.29) is 16.2 Å². The third kappa shape index (κ3) is 8.43. The van der Waals surface area contributed by atoms with Gasteiger partial charge in [0.1, 0.15) is 0 Å². The van der Waals surface area contributed by atoms with Crippen molar-refractivity contribution >= 4 is 71.2 Å². The van der Waals surface area contributed by atoms with Gasteiger partial charge in [-0.2, -0.15) is 0 Å². The molecule has 0 aliphatic rings. The van der Waals surface area contributed by atoms with E-state index >= 15 is 0 Å². The second-order valence-electron chi connectivity index (χ2n) is 24.6. The number of aromatic nitrogens is 1. The van der Waals surface area contributed by atoms with E-state index < -0.39 is 0 Å². The van der Waals surface area contributed by atoms with Gasteiger partial charge in [-0.3, -0.25) is 0 Å². The molecule has 13 rings (SSSR count). The van der Waals surface area contributed by atoms with Crippen molar-refractivity contribution in [3.05, 3.63) is 253 Å². The highest BCUT2D eigenvalue weighted by atomic mass is 15.1. The number of hydrogen-bond donors (Lipinski definition) is 0. The Bertz CT molecular complexity index is 4360. The van der Waals surface area contributed by atoms with Crippen molar-refractivity contribution < 1.29 is 0 Å². The smallest absolute Gasteiger partial charge is 0.0543 e. The number of hydrogen-bond acceptors (Lipinski definition) is 1. The Hall–Kier alpha value is -8.72. The van der Waals surface area contributed by atoms with Crippen LogP contribution in [0.15, 0.2) is 237 Å². The van der Waals surface area contributed by atoms with Crippen LogP contribution in [-0.2, 0) is 16.2 Å². The van der Waals surface area contributed by atoms with Gasteiger partial charge < -0.3 is 9.47 Å². The van der Waals surface area contributed by atoms with Crippen molar-refractivity contribution in [1.82, 2.24) is 4.57 Å². The quantitative estimate of drug-likeness (QED) is 0.138. The molecule has 0 spiro atoms. The lowest BCUT2D eigenvalue weighted by Gasteiger charge is -2.33. The molecule has 0 amide bonds. The lowest BCUT2D eigenvalue weighted by Crippen LogP contribution is -2.16. The largest absolute Gasteiger partial charge is 0.309 e. The zero-order valence-electron chi connectivity index (χ0n) is 46.4. The number of nitrogens with zero attached hydrogens (tertiary/aromatic N) is 2. The highest BCUT2D eigenvalue weighted by Gasteiger charge is 2.27. The molecular weight excluding hydrogens is 941 g/mol. The minimum atomic E-state index is -0.127. The van der Waals surface area contributed by atoms with Crippen LogP contribution in [0.5, 0.6) is 0 Å². The van der Waals surface area contributed by atoms with Gasteiger partial charge in [-0.15, -0.1) is 0 Å². The Labute approximate surface area is 460 Å². The Balaban J connectivity index is 1.07. The van der Waals surface area contributed by atoms with Gasteiger partial charge >= 0.3 is 0 Å². The molecule has 78 heavy (non-hydrogen) atoms. The summed E-state index contributed by atoms with van der Waals surface area (Å²) in [4.78, 5) is 2.59. The molecule has 0 aliphatic heterocycles. The average Bonchev–Trinajstić information content (AvgIpc) is 3.89. The highest BCUT2D eigenvalue weighted by molar-refractivity contribution is 6.28. The van der Waals surface area contributed by atoms with Crippen molar-refractivity contribution in [3.8, 4) is 50.2 Å². The lowest BCUT2D eigenvalue weighted by molar-refractivity contribution is 0.590. The van der Waals surface area contributed by atoms with Crippen molar-refractivity contribution in [2.45, 2.75) is 78.6 Å². The zero-order chi connectivity index (χ0) is 53.7. The minimum absolute atomic E-state index is 0.0720. The van der Waals surface area contributed by atoms with Gasteiger partial charge in [0.25, 0.3) is 0 Å². The summed E-state index contributed by atoms with van der Waals surface area (Å²) in [6.07, 6.45) is 0. The van der Waals surface area contributed by atoms with Crippen LogP contribution < -0.4 is 4.90 Å². The molecule has 0 N–H and O–H groups in total. The van der Waals surface area contributed by atoms with E-state index in [1.54, 1.807) is 0 Å². The van der Waals surface area contributed by atoms with Crippen molar-refractivity contribution in [1.29, 1.82) is 0 Å². The summed E-state index contributed by atoms with van der Waals surface area (Å²) in [5, 5.41) is 9.95. The first-order valence-corrected chi connectivity index (χ1v) is 27.7. The molecule has 0 saturated carbocycles. The van der Waals surface area contributed by atoms with Gasteiger partial charge in [0.2, 0.25) is 0 Å². The fourth-order valence-electron chi connectivity index (χ4n) is 12.1. The monoisotopic (exact) mass is 1010 g/mol. The van der Waals surface area contributed by atoms with E-state index in [0.29, 0.717) is 0 Å². The molecule has 13 aromatic rings. The van der Waals surface area contributed by atoms with E-state index in [9.17, 15) is 0 Å². The molecule has 0 unspecified atom stereocenters. The molecule has 0 atom stereocenters. The van der Waals surface area contributed by atoms with Gasteiger partial charge in [-0.1, -0.05) is 250 Å². The van der Waals surface area contributed by atoms with Crippen LogP contribution in [0.2, 0.25) is 0 Å². The second-order valence-corrected chi connectivity index (χ2v) is 24.6. The molecule has 0 aliphatic carbocycles. The zero-order valence-corrected chi connectivity index (χ0v) is 46.4. The van der Waals surface area contributed by atoms with Crippen LogP contribution in [0.4, 0.5) is 17.1 Å². The first-order chi connectivity index (χ1) is 37.6. The van der Waals surface area contributed by atoms with Crippen LogP contribution in [0.3, 0.4) is 0 Å². The molecule has 1 aromatic heterocycles. The highest BCUT2D eigenvalue weighted by Crippen LogP contribution is 2.51. The van der Waals surface area contributed by atoms with Gasteiger partial charge in [0.15, 0.2) is 0 Å². The molecule has 0 bridgehead atoms. The third-order valence-corrected chi connectivity index (χ3v) is 16.4. The van der Waals surface area contributed by atoms with Crippen LogP contribution in [-0.4, -0.2) is 4.57 Å². The molecule has 12 aromatic carbocycles. The Morgan fingerprint density at radius 2 is 0.731 bits per heavy atom. The summed E-state index contributed by atoms with van der Waals surface area (Å²) in [5.41, 5.74) is 20.4. The number of fused-ring (bicyclic) bond motifs is 3. The SMILES string of the molecule is CC(C)(C)c1ccc(-c2cccc(-c3ccccc3N(c3cc(C(C)(C)C)ccc3-c3cccc(-c4ccc(C(C)(C)C)cc4)c3)c3ccc4ccc5c(-n6c7ccccc7c7ccccc76)ccc6ccc3c4c65)c2)cc1. The fourth-order valence-corrected chi connectivity index (χ4v) is 12.1. The van der Waals surface area contributed by atoms with E-state index in [4.69, 9.17) is 0 Å². The summed E-state index contributed by atoms with van der Waals surface area (Å²) >= 11 is 0. The number of benzene rings is 12. The Kier molecular flexibility index (Phi) is 11.6. The van der Waals surface area contributed by atoms with Gasteiger partial charge in [0, 0.05) is 32.7 Å². The number of para-hydroxylation sites is 3. The van der Waals surface area contributed by atoms with Gasteiger partial charge in [-0.25, -0.2) is 0 Å². The van der Waals surface area contributed by atoms with Gasteiger partial charge in [-0.05, 0) is 136 Å². The molecule has 0 saturated heterocycles. The summed E-state index contributed by atoms with van der Waals surface area (Å²) in [6, 6.07) is 89.4. The predicted octanol–water partition coefficient (Wildman–Crippen LogP) is 21.7. The first kappa shape index (κ1) is 48.9. The molecular formula is C76H66N2. The van der Waals surface area contributed by atoms with E-state index in [1.807, 2.05) is 0 Å². The molecule has 380 valence electrons. The third-order valence-electron chi connectivity index (χ3n) is 16.4. The van der Waals surface area contributed by atoms with E-state index in [2.05, 4.69) is 308 Å². The topological polar surface area (TPSA) is 8.17 Å². The van der Waals surface area contributed by atoms with Crippen LogP contribution in [0, 0.1) is 0 Å². The van der Waals surface area contributed by atoms with E-state index in [0.717, 1.165) is 33.8 Å². The predicted molar refractivity (Wildman–Crippen MR) is 337 cm³/mol. The summed E-state index contributed by atoms with van der Waals surface area (Å²) in [5.74, 6) is 0. The summed E-state index contributed by atoms with van der Waals surface area (Å²) in [6.45, 7) is 20.7. The molecule has 0 fully saturated rings. The Morgan fingerprint density at radius 3 is 1.29 bits per heavy atom. The maximum absolute atomic E-state index is 2.59. The maximum Gasteiger partial charge on any atom is 0.0543 e. The first-order valence-electron chi connectivity index (χ1n) is 27.7. The minimum Gasteiger partial charge on any atom is -0.309 e. The lowest BCUT2D eigenvalue weighted by atomic mass is 9.84. The molecule has 2 heteroatoms. The molecule has 2 nitrogen and oxygen atoms in total. The van der Waals surface area contributed by atoms with Crippen LogP contribution in [0.1, 0.15) is 79.0 Å². The van der Waals surface area contributed by atoms with Crippen molar-refractivity contribution in [2.24, 2.45) is 0 Å². The standard InChI is InChI=1S/C76H66N2/c1-74(2,3)57-36-28-49(29-37-57)53-18-16-20-55(46-53)60-22-10-13-25-66(60)78(71-48-59(76(7,8)9)40-43-61(71)56-21-17-19-54(47-56)50-30-38-58(39-31-50)75(4,5)6)70-45-35-52-32-41-64-69(44-34-51-33-42-65(70)73(52)72(51)64)77-67-26-14-11-23-62(67)63-24-12-15-27-68(63)77/h10-48H,1-9H3. The number of rotatable bonds is 8. The normalized spacial score (nSPS) is 12.4. The summed E-state index contributed by atoms with van der Waals surface area (Å²) < 4.78 is 2.48. The van der Waals surface area contributed by atoms with Gasteiger partial charge in [0.05, 0.1) is 33.8 Å². The Morgan fingerprint density at radius 1 is 0.282 bits per heavy atom. The van der Waals surface area contributed by atoms with Crippen LogP contribution in [0.25, 0.3) is 104 Å². The number of anilines is 3. The molecule has 1 heterocycles. The fraction of sp³-hybridized carbons (Fsp3) is 0.158.